The fourth-order valence-corrected chi connectivity index (χ4v) is 1.75. The molecule has 120 valence electrons. The maximum Gasteiger partial charge on any atom is 0.365 e. The third-order valence-corrected chi connectivity index (χ3v) is 2.92. The predicted octanol–water partition coefficient (Wildman–Crippen LogP) is 1.00. The molecule has 0 aliphatic carbocycles. The number of benzene rings is 1. The first-order chi connectivity index (χ1) is 10.6. The number of nitrogens with zero attached hydrogens (tertiary/aromatic N) is 1. The molecular weight excluding hydrogens is 286 g/mol. The van der Waals surface area contributed by atoms with Crippen molar-refractivity contribution in [2.24, 2.45) is 10.9 Å². The number of aliphatic carboxylic acids is 1. The summed E-state index contributed by atoms with van der Waals surface area (Å²) in [5.74, 6) is -1.48. The highest BCUT2D eigenvalue weighted by Gasteiger charge is 2.15. The second-order valence-electron chi connectivity index (χ2n) is 4.62. The molecule has 1 aromatic carbocycles. The van der Waals surface area contributed by atoms with Gasteiger partial charge in [0, 0.05) is 6.54 Å². The molecule has 22 heavy (non-hydrogen) atoms. The number of carbonyl (C=O) groups excluding carboxylic acids is 1. The van der Waals surface area contributed by atoms with Gasteiger partial charge in [-0.2, -0.15) is 0 Å². The Labute approximate surface area is 129 Å². The number of nitrogens with one attached hydrogen (secondary N) is 1. The number of nitrogens with two attached hydrogens (primary N) is 1. The minimum Gasteiger partial charge on any atom is -0.480 e. The Morgan fingerprint density at radius 3 is 2.68 bits per heavy atom. The third kappa shape index (κ3) is 6.96. The zero-order valence-electron chi connectivity index (χ0n) is 12.3. The van der Waals surface area contributed by atoms with Gasteiger partial charge in [-0.3, -0.25) is 10.1 Å². The molecule has 0 fully saturated rings. The summed E-state index contributed by atoms with van der Waals surface area (Å²) in [4.78, 5) is 27.3. The van der Waals surface area contributed by atoms with Crippen molar-refractivity contribution >= 4 is 18.2 Å². The van der Waals surface area contributed by atoms with Crippen LogP contribution in [0.15, 0.2) is 35.5 Å². The summed E-state index contributed by atoms with van der Waals surface area (Å²) in [6, 6.07) is 7.81. The van der Waals surface area contributed by atoms with E-state index in [0.717, 1.165) is 12.8 Å². The van der Waals surface area contributed by atoms with E-state index in [-0.39, 0.29) is 6.54 Å². The number of oxime groups is 1. The van der Waals surface area contributed by atoms with Crippen LogP contribution in [0.25, 0.3) is 0 Å². The Morgan fingerprint density at radius 2 is 2.05 bits per heavy atom. The first kappa shape index (κ1) is 17.8. The van der Waals surface area contributed by atoms with Gasteiger partial charge < -0.3 is 15.7 Å². The Hall–Kier alpha value is -2.25. The van der Waals surface area contributed by atoms with Crippen LogP contribution in [0.2, 0.25) is 0 Å². The molecular formula is C15H21N3O4. The summed E-state index contributed by atoms with van der Waals surface area (Å²) in [7, 11) is 0. The Morgan fingerprint density at radius 1 is 1.32 bits per heavy atom. The first-order valence-corrected chi connectivity index (χ1v) is 7.09. The Kier molecular flexibility index (Phi) is 8.47. The molecule has 0 spiro atoms. The number of hydrogen-bond acceptors (Lipinski definition) is 6. The van der Waals surface area contributed by atoms with Crippen molar-refractivity contribution in [1.29, 1.82) is 0 Å². The van der Waals surface area contributed by atoms with Crippen molar-refractivity contribution in [3.8, 4) is 0 Å². The average Bonchev–Trinajstić information content (AvgIpc) is 2.53. The molecule has 7 nitrogen and oxygen atoms in total. The van der Waals surface area contributed by atoms with Crippen molar-refractivity contribution in [3.63, 3.8) is 0 Å². The number of carboxylic acid groups (broad SMARTS) is 1. The zero-order valence-corrected chi connectivity index (χ0v) is 12.3. The largest absolute Gasteiger partial charge is 0.480 e. The van der Waals surface area contributed by atoms with Crippen LogP contribution >= 0.6 is 0 Å². The van der Waals surface area contributed by atoms with Gasteiger partial charge >= 0.3 is 11.9 Å². The summed E-state index contributed by atoms with van der Waals surface area (Å²) in [5, 5.41) is 15.4. The normalized spacial score (nSPS) is 12.2. The van der Waals surface area contributed by atoms with Gasteiger partial charge in [-0.05, 0) is 31.5 Å². The summed E-state index contributed by atoms with van der Waals surface area (Å²) < 4.78 is 0. The second kappa shape index (κ2) is 10.5. The molecule has 0 saturated heterocycles. The van der Waals surface area contributed by atoms with Gasteiger partial charge in [0.15, 0.2) is 0 Å². The van der Waals surface area contributed by atoms with Crippen LogP contribution in [0.4, 0.5) is 0 Å². The molecule has 0 aromatic heterocycles. The van der Waals surface area contributed by atoms with Gasteiger partial charge in [0.1, 0.15) is 6.04 Å². The van der Waals surface area contributed by atoms with Crippen molar-refractivity contribution in [2.45, 2.75) is 25.3 Å². The lowest BCUT2D eigenvalue weighted by atomic mass is 10.1. The van der Waals surface area contributed by atoms with E-state index in [2.05, 4.69) is 10.5 Å². The molecule has 0 saturated carbocycles. The lowest BCUT2D eigenvalue weighted by Crippen LogP contribution is -2.37. The predicted molar refractivity (Wildman–Crippen MR) is 82.7 cm³/mol. The van der Waals surface area contributed by atoms with Crippen molar-refractivity contribution in [1.82, 2.24) is 5.32 Å². The maximum absolute atomic E-state index is 11.6. The summed E-state index contributed by atoms with van der Waals surface area (Å²) in [6.07, 6.45) is 3.33. The highest BCUT2D eigenvalue weighted by atomic mass is 16.7. The van der Waals surface area contributed by atoms with E-state index >= 15 is 0 Å². The number of hydrogen-bond donors (Lipinski definition) is 3. The van der Waals surface area contributed by atoms with Crippen molar-refractivity contribution in [2.75, 3.05) is 13.1 Å². The van der Waals surface area contributed by atoms with Gasteiger partial charge in [0.2, 0.25) is 0 Å². The highest BCUT2D eigenvalue weighted by molar-refractivity contribution is 5.89. The smallest absolute Gasteiger partial charge is 0.365 e. The highest BCUT2D eigenvalue weighted by Crippen LogP contribution is 2.01. The Bertz CT molecular complexity index is 491. The molecule has 1 rings (SSSR count). The fraction of sp³-hybridized carbons (Fsp3) is 0.400. The average molecular weight is 307 g/mol. The van der Waals surface area contributed by atoms with Gasteiger partial charge in [-0.25, -0.2) is 4.79 Å². The van der Waals surface area contributed by atoms with E-state index in [0.29, 0.717) is 18.5 Å². The quantitative estimate of drug-likeness (QED) is 0.257. The first-order valence-electron chi connectivity index (χ1n) is 7.09. The van der Waals surface area contributed by atoms with Gasteiger partial charge in [-0.15, -0.1) is 0 Å². The molecule has 1 aromatic rings. The van der Waals surface area contributed by atoms with E-state index in [9.17, 15) is 9.59 Å². The van der Waals surface area contributed by atoms with Crippen LogP contribution in [0, 0.1) is 0 Å². The van der Waals surface area contributed by atoms with Crippen molar-refractivity contribution in [3.05, 3.63) is 35.9 Å². The fourth-order valence-electron chi connectivity index (χ4n) is 1.75. The maximum atomic E-state index is 11.6. The molecule has 0 heterocycles. The van der Waals surface area contributed by atoms with E-state index in [1.165, 1.54) is 6.21 Å². The van der Waals surface area contributed by atoms with Gasteiger partial charge in [0.05, 0.1) is 11.8 Å². The van der Waals surface area contributed by atoms with E-state index in [1.54, 1.807) is 30.3 Å². The van der Waals surface area contributed by atoms with Gasteiger partial charge in [0.25, 0.3) is 0 Å². The number of carbonyl (C=O) groups is 2. The summed E-state index contributed by atoms with van der Waals surface area (Å²) in [5.41, 5.74) is 5.77. The molecule has 7 heteroatoms. The number of carboxylic acids is 1. The monoisotopic (exact) mass is 307 g/mol. The Balaban J connectivity index is 2.29. The van der Waals surface area contributed by atoms with Crippen LogP contribution in [0.5, 0.6) is 0 Å². The van der Waals surface area contributed by atoms with E-state index in [4.69, 9.17) is 15.7 Å². The summed E-state index contributed by atoms with van der Waals surface area (Å²) in [6.45, 7) is 0.741. The van der Waals surface area contributed by atoms with E-state index < -0.39 is 18.0 Å². The number of unbranched alkanes of at least 4 members (excludes halogenated alkanes) is 1. The molecule has 0 bridgehead atoms. The lowest BCUT2D eigenvalue weighted by Gasteiger charge is -2.12. The summed E-state index contributed by atoms with van der Waals surface area (Å²) >= 11 is 0. The second-order valence-corrected chi connectivity index (χ2v) is 4.62. The molecule has 0 aliphatic rings. The number of rotatable bonds is 10. The molecule has 4 N–H and O–H groups in total. The van der Waals surface area contributed by atoms with Crippen molar-refractivity contribution < 1.29 is 19.5 Å². The SMILES string of the molecule is NCCCC[C@H](NCC=NOC(=O)c1ccccc1)C(=O)O. The van der Waals surface area contributed by atoms with E-state index in [1.807, 2.05) is 0 Å². The molecule has 0 unspecified atom stereocenters. The topological polar surface area (TPSA) is 114 Å². The standard InChI is InChI=1S/C15H21N3O4/c16-9-5-4-8-13(14(19)20)17-10-11-18-22-15(21)12-6-2-1-3-7-12/h1-3,6-7,11,13,17H,4-5,8-10,16H2,(H,19,20)/t13-/m0/s1. The van der Waals surface area contributed by atoms with Crippen LogP contribution in [-0.2, 0) is 9.63 Å². The van der Waals surface area contributed by atoms with Crippen LogP contribution in [0.1, 0.15) is 29.6 Å². The lowest BCUT2D eigenvalue weighted by molar-refractivity contribution is -0.139. The van der Waals surface area contributed by atoms with Crippen LogP contribution in [-0.4, -0.2) is 42.4 Å². The molecule has 0 amide bonds. The molecule has 0 radical (unpaired) electrons. The molecule has 1 atom stereocenters. The minimum absolute atomic E-state index is 0.196. The molecule has 0 aliphatic heterocycles. The van der Waals surface area contributed by atoms with Crippen LogP contribution in [0.3, 0.4) is 0 Å². The minimum atomic E-state index is -0.924. The van der Waals surface area contributed by atoms with Gasteiger partial charge in [-0.1, -0.05) is 29.8 Å². The zero-order chi connectivity index (χ0) is 16.2. The third-order valence-electron chi connectivity index (χ3n) is 2.92. The van der Waals surface area contributed by atoms with Crippen LogP contribution < -0.4 is 11.1 Å².